The topological polar surface area (TPSA) is 75.4 Å². The summed E-state index contributed by atoms with van der Waals surface area (Å²) < 4.78 is 38.5. The molecule has 0 unspecified atom stereocenters. The number of benzene rings is 1. The summed E-state index contributed by atoms with van der Waals surface area (Å²) in [5.74, 6) is 0. The minimum Gasteiger partial charge on any atom is -0.394 e. The first-order chi connectivity index (χ1) is 9.27. The van der Waals surface area contributed by atoms with E-state index in [1.165, 1.54) is 6.07 Å². The Kier molecular flexibility index (Phi) is 3.59. The van der Waals surface area contributed by atoms with Crippen LogP contribution in [-0.2, 0) is 6.18 Å². The molecule has 0 amide bonds. The lowest BCUT2D eigenvalue weighted by molar-refractivity contribution is -0.388. The number of aliphatic hydroxyl groups is 1. The van der Waals surface area contributed by atoms with Gasteiger partial charge < -0.3 is 10.4 Å². The summed E-state index contributed by atoms with van der Waals surface area (Å²) in [4.78, 5) is 9.58. The van der Waals surface area contributed by atoms with Gasteiger partial charge in [0.05, 0.1) is 17.1 Å². The third kappa shape index (κ3) is 2.69. The van der Waals surface area contributed by atoms with Crippen molar-refractivity contribution in [2.45, 2.75) is 31.0 Å². The normalized spacial score (nSPS) is 17.4. The Balaban J connectivity index is 2.35. The van der Waals surface area contributed by atoms with Crippen LogP contribution in [0.4, 0.5) is 24.5 Å². The van der Waals surface area contributed by atoms with Crippen molar-refractivity contribution in [2.75, 3.05) is 11.9 Å². The zero-order valence-corrected chi connectivity index (χ0v) is 10.4. The molecule has 0 aliphatic heterocycles. The number of nitro groups is 1. The van der Waals surface area contributed by atoms with Crippen LogP contribution >= 0.6 is 0 Å². The molecule has 0 bridgehead atoms. The summed E-state index contributed by atoms with van der Waals surface area (Å²) in [5.41, 5.74) is -2.76. The largest absolute Gasteiger partial charge is 0.423 e. The monoisotopic (exact) mass is 290 g/mol. The SMILES string of the molecule is O=[N+]([O-])c1ccc(NC2(CO)CCC2)cc1C(F)(F)F. The van der Waals surface area contributed by atoms with Crippen LogP contribution in [0.25, 0.3) is 0 Å². The molecule has 0 spiro atoms. The van der Waals surface area contributed by atoms with Crippen LogP contribution < -0.4 is 5.32 Å². The summed E-state index contributed by atoms with van der Waals surface area (Å²) in [6, 6.07) is 2.77. The molecule has 0 heterocycles. The Morgan fingerprint density at radius 2 is 2.05 bits per heavy atom. The van der Waals surface area contributed by atoms with Crippen LogP contribution in [0.1, 0.15) is 24.8 Å². The third-order valence-corrected chi connectivity index (χ3v) is 3.52. The molecule has 0 atom stereocenters. The Morgan fingerprint density at radius 1 is 1.40 bits per heavy atom. The number of nitrogens with zero attached hydrogens (tertiary/aromatic N) is 1. The Labute approximate surface area is 112 Å². The number of nitro benzene ring substituents is 1. The molecule has 2 rings (SSSR count). The fourth-order valence-electron chi connectivity index (χ4n) is 2.23. The van der Waals surface area contributed by atoms with Gasteiger partial charge in [-0.2, -0.15) is 13.2 Å². The zero-order chi connectivity index (χ0) is 15.0. The van der Waals surface area contributed by atoms with E-state index in [9.17, 15) is 28.4 Å². The molecule has 5 nitrogen and oxygen atoms in total. The number of anilines is 1. The minimum absolute atomic E-state index is 0.122. The molecule has 1 fully saturated rings. The van der Waals surface area contributed by atoms with Crippen molar-refractivity contribution in [1.29, 1.82) is 0 Å². The lowest BCUT2D eigenvalue weighted by atomic mass is 9.77. The lowest BCUT2D eigenvalue weighted by Gasteiger charge is -2.42. The number of hydrogen-bond acceptors (Lipinski definition) is 4. The summed E-state index contributed by atoms with van der Waals surface area (Å²) in [7, 11) is 0. The van der Waals surface area contributed by atoms with Crippen molar-refractivity contribution in [3.63, 3.8) is 0 Å². The molecule has 1 aromatic carbocycles. The first kappa shape index (κ1) is 14.6. The highest BCUT2D eigenvalue weighted by atomic mass is 19.4. The standard InChI is InChI=1S/C12H13F3N2O3/c13-12(14,15)9-6-8(2-3-10(9)17(19)20)16-11(7-18)4-1-5-11/h2-3,6,16,18H,1,4-5,7H2. The smallest absolute Gasteiger partial charge is 0.394 e. The van der Waals surface area contributed by atoms with E-state index in [1.54, 1.807) is 0 Å². The van der Waals surface area contributed by atoms with E-state index in [1.807, 2.05) is 0 Å². The number of rotatable bonds is 4. The highest BCUT2D eigenvalue weighted by Gasteiger charge is 2.40. The number of aliphatic hydroxyl groups excluding tert-OH is 1. The number of hydrogen-bond donors (Lipinski definition) is 2. The minimum atomic E-state index is -4.80. The van der Waals surface area contributed by atoms with Crippen molar-refractivity contribution in [3.05, 3.63) is 33.9 Å². The van der Waals surface area contributed by atoms with Gasteiger partial charge in [0.1, 0.15) is 5.56 Å². The Morgan fingerprint density at radius 3 is 2.45 bits per heavy atom. The fourth-order valence-corrected chi connectivity index (χ4v) is 2.23. The third-order valence-electron chi connectivity index (χ3n) is 3.52. The van der Waals surface area contributed by atoms with Gasteiger partial charge in [-0.05, 0) is 31.4 Å². The molecule has 2 N–H and O–H groups in total. The predicted octanol–water partition coefficient (Wildman–Crippen LogP) is 2.94. The number of nitrogens with one attached hydrogen (secondary N) is 1. The molecule has 0 radical (unpaired) electrons. The Hall–Kier alpha value is -1.83. The summed E-state index contributed by atoms with van der Waals surface area (Å²) in [6.45, 7) is -0.189. The molecule has 110 valence electrons. The van der Waals surface area contributed by atoms with Crippen molar-refractivity contribution >= 4 is 11.4 Å². The molecule has 1 saturated carbocycles. The molecular formula is C12H13F3N2O3. The van der Waals surface area contributed by atoms with Crippen LogP contribution in [0.15, 0.2) is 18.2 Å². The van der Waals surface area contributed by atoms with Crippen molar-refractivity contribution in [1.82, 2.24) is 0 Å². The van der Waals surface area contributed by atoms with Gasteiger partial charge in [-0.25, -0.2) is 0 Å². The van der Waals surface area contributed by atoms with Crippen LogP contribution in [0.2, 0.25) is 0 Å². The van der Waals surface area contributed by atoms with Gasteiger partial charge in [-0.3, -0.25) is 10.1 Å². The van der Waals surface area contributed by atoms with Crippen molar-refractivity contribution < 1.29 is 23.2 Å². The zero-order valence-electron chi connectivity index (χ0n) is 10.4. The molecule has 1 aliphatic rings. The summed E-state index contributed by atoms with van der Waals surface area (Å²) in [5, 5.41) is 22.8. The van der Waals surface area contributed by atoms with Gasteiger partial charge >= 0.3 is 6.18 Å². The summed E-state index contributed by atoms with van der Waals surface area (Å²) in [6.07, 6.45) is -2.61. The van der Waals surface area contributed by atoms with Gasteiger partial charge in [0, 0.05) is 11.8 Å². The van der Waals surface area contributed by atoms with Crippen LogP contribution in [-0.4, -0.2) is 22.2 Å². The maximum atomic E-state index is 12.8. The number of halogens is 3. The van der Waals surface area contributed by atoms with Gasteiger partial charge in [0.2, 0.25) is 0 Å². The second-order valence-electron chi connectivity index (χ2n) is 4.90. The molecule has 0 aromatic heterocycles. The first-order valence-corrected chi connectivity index (χ1v) is 6.02. The van der Waals surface area contributed by atoms with Gasteiger partial charge in [0.15, 0.2) is 0 Å². The van der Waals surface area contributed by atoms with Crippen molar-refractivity contribution in [2.24, 2.45) is 0 Å². The maximum Gasteiger partial charge on any atom is 0.423 e. The maximum absolute atomic E-state index is 12.8. The highest BCUT2D eigenvalue weighted by molar-refractivity contribution is 5.56. The van der Waals surface area contributed by atoms with E-state index in [2.05, 4.69) is 5.32 Å². The Bertz CT molecular complexity index is 522. The highest BCUT2D eigenvalue weighted by Crippen LogP contribution is 2.40. The number of alkyl halides is 3. The summed E-state index contributed by atoms with van der Waals surface area (Å²) >= 11 is 0. The van der Waals surface area contributed by atoms with Gasteiger partial charge in [0.25, 0.3) is 5.69 Å². The lowest BCUT2D eigenvalue weighted by Crippen LogP contribution is -2.48. The van der Waals surface area contributed by atoms with E-state index in [0.717, 1.165) is 12.5 Å². The van der Waals surface area contributed by atoms with E-state index in [4.69, 9.17) is 0 Å². The molecule has 8 heteroatoms. The van der Waals surface area contributed by atoms with E-state index < -0.39 is 27.9 Å². The molecule has 1 aliphatic carbocycles. The first-order valence-electron chi connectivity index (χ1n) is 6.02. The molecular weight excluding hydrogens is 277 g/mol. The van der Waals surface area contributed by atoms with Crippen LogP contribution in [0.3, 0.4) is 0 Å². The fraction of sp³-hybridized carbons (Fsp3) is 0.500. The average Bonchev–Trinajstić information content (AvgIpc) is 2.32. The van der Waals surface area contributed by atoms with Gasteiger partial charge in [-0.1, -0.05) is 0 Å². The second kappa shape index (κ2) is 4.93. The van der Waals surface area contributed by atoms with Gasteiger partial charge in [-0.15, -0.1) is 0 Å². The van der Waals surface area contributed by atoms with Crippen LogP contribution in [0.5, 0.6) is 0 Å². The van der Waals surface area contributed by atoms with E-state index in [-0.39, 0.29) is 12.3 Å². The predicted molar refractivity (Wildman–Crippen MR) is 65.4 cm³/mol. The second-order valence-corrected chi connectivity index (χ2v) is 4.90. The molecule has 0 saturated heterocycles. The quantitative estimate of drug-likeness (QED) is 0.660. The molecule has 20 heavy (non-hydrogen) atoms. The van der Waals surface area contributed by atoms with Crippen molar-refractivity contribution in [3.8, 4) is 0 Å². The van der Waals surface area contributed by atoms with Crippen LogP contribution in [0, 0.1) is 10.1 Å². The van der Waals surface area contributed by atoms with E-state index >= 15 is 0 Å². The van der Waals surface area contributed by atoms with E-state index in [0.29, 0.717) is 18.9 Å². The average molecular weight is 290 g/mol. The molecule has 1 aromatic rings.